The Labute approximate surface area is 105 Å². The Hall–Kier alpha value is -2.10. The summed E-state index contributed by atoms with van der Waals surface area (Å²) in [6, 6.07) is 8.03. The molecule has 0 atom stereocenters. The van der Waals surface area contributed by atoms with Crippen molar-refractivity contribution < 1.29 is 4.84 Å². The average Bonchev–Trinajstić information content (AvgIpc) is 2.66. The van der Waals surface area contributed by atoms with E-state index in [9.17, 15) is 0 Å². The van der Waals surface area contributed by atoms with Crippen LogP contribution in [0.25, 0.3) is 21.9 Å². The second-order valence-corrected chi connectivity index (χ2v) is 4.62. The summed E-state index contributed by atoms with van der Waals surface area (Å²) in [7, 11) is 0. The van der Waals surface area contributed by atoms with E-state index in [2.05, 4.69) is 9.97 Å². The van der Waals surface area contributed by atoms with Gasteiger partial charge < -0.3 is 4.84 Å². The highest BCUT2D eigenvalue weighted by molar-refractivity contribution is 6.01. The molecule has 0 aliphatic heterocycles. The van der Waals surface area contributed by atoms with Gasteiger partial charge in [-0.2, -0.15) is 4.73 Å². The molecule has 0 saturated heterocycles. The minimum Gasteiger partial charge on any atom is -0.409 e. The molecule has 3 aromatic rings. The van der Waals surface area contributed by atoms with E-state index in [0.29, 0.717) is 0 Å². The van der Waals surface area contributed by atoms with Gasteiger partial charge in [0.25, 0.3) is 0 Å². The van der Waals surface area contributed by atoms with Crippen molar-refractivity contribution in [3.63, 3.8) is 0 Å². The van der Waals surface area contributed by atoms with Crippen LogP contribution in [-0.2, 0) is 0 Å². The van der Waals surface area contributed by atoms with E-state index in [0.717, 1.165) is 27.8 Å². The van der Waals surface area contributed by atoms with Crippen LogP contribution in [-0.4, -0.2) is 20.8 Å². The molecule has 0 N–H and O–H groups in total. The molecule has 92 valence electrons. The zero-order valence-electron chi connectivity index (χ0n) is 10.7. The van der Waals surface area contributed by atoms with Crippen molar-refractivity contribution in [3.8, 4) is 0 Å². The zero-order chi connectivity index (χ0) is 12.7. The molecule has 3 rings (SSSR count). The number of aromatic nitrogens is 3. The van der Waals surface area contributed by atoms with E-state index >= 15 is 0 Å². The van der Waals surface area contributed by atoms with Crippen molar-refractivity contribution in [1.29, 1.82) is 0 Å². The van der Waals surface area contributed by atoms with Crippen LogP contribution in [0.5, 0.6) is 0 Å². The highest BCUT2D eigenvalue weighted by atomic mass is 16.7. The molecule has 4 heteroatoms. The second kappa shape index (κ2) is 3.98. The molecule has 0 saturated carbocycles. The van der Waals surface area contributed by atoms with Gasteiger partial charge in [0.2, 0.25) is 0 Å². The van der Waals surface area contributed by atoms with Gasteiger partial charge >= 0.3 is 0 Å². The smallest absolute Gasteiger partial charge is 0.143 e. The van der Waals surface area contributed by atoms with Gasteiger partial charge in [0.05, 0.1) is 11.7 Å². The molecule has 2 aromatic heterocycles. The molecule has 1 aromatic carbocycles. The summed E-state index contributed by atoms with van der Waals surface area (Å²) in [6.45, 7) is 5.96. The molecule has 0 aliphatic carbocycles. The number of para-hydroxylation sites is 1. The average molecular weight is 241 g/mol. The molecule has 2 heterocycles. The van der Waals surface area contributed by atoms with Gasteiger partial charge in [0.15, 0.2) is 0 Å². The number of fused-ring (bicyclic) bond motifs is 3. The lowest BCUT2D eigenvalue weighted by atomic mass is 10.2. The molecule has 18 heavy (non-hydrogen) atoms. The zero-order valence-corrected chi connectivity index (χ0v) is 10.7. The van der Waals surface area contributed by atoms with Crippen LogP contribution in [0.4, 0.5) is 0 Å². The third-order valence-corrected chi connectivity index (χ3v) is 2.82. The fourth-order valence-electron chi connectivity index (χ4n) is 2.13. The molecular formula is C14H15N3O. The molecule has 4 nitrogen and oxygen atoms in total. The topological polar surface area (TPSA) is 39.9 Å². The van der Waals surface area contributed by atoms with Gasteiger partial charge in [-0.05, 0) is 26.8 Å². The molecule has 0 fully saturated rings. The van der Waals surface area contributed by atoms with Gasteiger partial charge in [-0.1, -0.05) is 18.2 Å². The summed E-state index contributed by atoms with van der Waals surface area (Å²) in [6.07, 6.45) is 1.90. The molecule has 0 amide bonds. The molecule has 0 aliphatic rings. The second-order valence-electron chi connectivity index (χ2n) is 4.62. The number of hydrogen-bond acceptors (Lipinski definition) is 3. The first-order chi connectivity index (χ1) is 8.66. The monoisotopic (exact) mass is 241 g/mol. The number of benzene rings is 1. The minimum atomic E-state index is 0.105. The van der Waals surface area contributed by atoms with Gasteiger partial charge in [-0.15, -0.1) is 0 Å². The standard InChI is InChI=1S/C14H15N3O/c1-9(2)18-17-10(3)16-13-8-15-12-7-5-4-6-11(12)14(13)17/h4-9H,1-3H3. The van der Waals surface area contributed by atoms with Crippen LogP contribution in [0.1, 0.15) is 19.7 Å². The van der Waals surface area contributed by atoms with Crippen LogP contribution >= 0.6 is 0 Å². The normalized spacial score (nSPS) is 11.6. The van der Waals surface area contributed by atoms with Crippen molar-refractivity contribution in [2.75, 3.05) is 0 Å². The van der Waals surface area contributed by atoms with Crippen molar-refractivity contribution in [2.24, 2.45) is 0 Å². The Bertz CT molecular complexity index is 715. The summed E-state index contributed by atoms with van der Waals surface area (Å²) in [4.78, 5) is 14.7. The molecule has 0 radical (unpaired) electrons. The van der Waals surface area contributed by atoms with Crippen LogP contribution in [0.3, 0.4) is 0 Å². The number of pyridine rings is 1. The Kier molecular flexibility index (Phi) is 2.44. The lowest BCUT2D eigenvalue weighted by molar-refractivity contribution is 0.0639. The van der Waals surface area contributed by atoms with Crippen LogP contribution in [0.15, 0.2) is 30.5 Å². The van der Waals surface area contributed by atoms with Crippen LogP contribution in [0, 0.1) is 6.92 Å². The van der Waals surface area contributed by atoms with Crippen LogP contribution < -0.4 is 4.84 Å². The lowest BCUT2D eigenvalue weighted by Crippen LogP contribution is -2.20. The molecule has 0 unspecified atom stereocenters. The van der Waals surface area contributed by atoms with E-state index in [4.69, 9.17) is 4.84 Å². The maximum atomic E-state index is 5.83. The SMILES string of the molecule is Cc1nc2cnc3ccccc3c2n1OC(C)C. The first-order valence-corrected chi connectivity index (χ1v) is 6.07. The Morgan fingerprint density at radius 2 is 1.94 bits per heavy atom. The summed E-state index contributed by atoms with van der Waals surface area (Å²) >= 11 is 0. The lowest BCUT2D eigenvalue weighted by Gasteiger charge is -2.13. The van der Waals surface area contributed by atoms with E-state index in [1.54, 1.807) is 6.20 Å². The predicted molar refractivity (Wildman–Crippen MR) is 71.5 cm³/mol. The fourth-order valence-corrected chi connectivity index (χ4v) is 2.13. The molecule has 0 bridgehead atoms. The Morgan fingerprint density at radius 3 is 2.72 bits per heavy atom. The van der Waals surface area contributed by atoms with Gasteiger partial charge in [0.1, 0.15) is 23.0 Å². The van der Waals surface area contributed by atoms with Crippen molar-refractivity contribution in [3.05, 3.63) is 36.3 Å². The summed E-state index contributed by atoms with van der Waals surface area (Å²) < 4.78 is 1.81. The Morgan fingerprint density at radius 1 is 1.17 bits per heavy atom. The Balaban J connectivity index is 2.39. The number of hydrogen-bond donors (Lipinski definition) is 0. The highest BCUT2D eigenvalue weighted by Gasteiger charge is 2.13. The third-order valence-electron chi connectivity index (χ3n) is 2.82. The van der Waals surface area contributed by atoms with E-state index in [1.807, 2.05) is 49.8 Å². The van der Waals surface area contributed by atoms with E-state index in [-0.39, 0.29) is 6.10 Å². The van der Waals surface area contributed by atoms with Crippen molar-refractivity contribution in [1.82, 2.24) is 14.7 Å². The van der Waals surface area contributed by atoms with Gasteiger partial charge in [-0.3, -0.25) is 4.98 Å². The quantitative estimate of drug-likeness (QED) is 0.692. The van der Waals surface area contributed by atoms with Gasteiger partial charge in [0, 0.05) is 5.39 Å². The molecule has 0 spiro atoms. The maximum Gasteiger partial charge on any atom is 0.143 e. The van der Waals surface area contributed by atoms with Gasteiger partial charge in [-0.25, -0.2) is 4.98 Å². The predicted octanol–water partition coefficient (Wildman–Crippen LogP) is 2.73. The first kappa shape index (κ1) is 11.0. The van der Waals surface area contributed by atoms with E-state index < -0.39 is 0 Å². The number of nitrogens with zero attached hydrogens (tertiary/aromatic N) is 3. The summed E-state index contributed by atoms with van der Waals surface area (Å²) in [5, 5.41) is 1.07. The molecular weight excluding hydrogens is 226 g/mol. The minimum absolute atomic E-state index is 0.105. The van der Waals surface area contributed by atoms with Crippen molar-refractivity contribution >= 4 is 21.9 Å². The van der Waals surface area contributed by atoms with E-state index in [1.165, 1.54) is 0 Å². The summed E-state index contributed by atoms with van der Waals surface area (Å²) in [5.74, 6) is 0.844. The van der Waals surface area contributed by atoms with Crippen LogP contribution in [0.2, 0.25) is 0 Å². The first-order valence-electron chi connectivity index (χ1n) is 6.07. The largest absolute Gasteiger partial charge is 0.409 e. The number of aryl methyl sites for hydroxylation is 1. The summed E-state index contributed by atoms with van der Waals surface area (Å²) in [5.41, 5.74) is 2.82. The highest BCUT2D eigenvalue weighted by Crippen LogP contribution is 2.23. The third kappa shape index (κ3) is 1.61. The van der Waals surface area contributed by atoms with Crippen molar-refractivity contribution in [2.45, 2.75) is 26.9 Å². The number of rotatable bonds is 2. The number of imidazole rings is 1. The fraction of sp³-hybridized carbons (Fsp3) is 0.286. The maximum absolute atomic E-state index is 5.83.